The Morgan fingerprint density at radius 1 is 1.18 bits per heavy atom. The number of H-pyrrole nitrogens is 2. The highest BCUT2D eigenvalue weighted by atomic mass is 32.1. The van der Waals surface area contributed by atoms with Gasteiger partial charge in [0.05, 0.1) is 12.8 Å². The van der Waals surface area contributed by atoms with Gasteiger partial charge in [-0.05, 0) is 49.7 Å². The van der Waals surface area contributed by atoms with Gasteiger partial charge in [0, 0.05) is 11.8 Å². The zero-order valence-corrected chi connectivity index (χ0v) is 11.3. The second kappa shape index (κ2) is 4.37. The molecule has 2 rings (SSSR count). The number of methoxy groups -OCH3 is 1. The van der Waals surface area contributed by atoms with Gasteiger partial charge in [-0.1, -0.05) is 6.07 Å². The van der Waals surface area contributed by atoms with Crippen LogP contribution in [0.5, 0.6) is 5.75 Å². The molecule has 0 unspecified atom stereocenters. The van der Waals surface area contributed by atoms with Crippen molar-refractivity contribution in [1.82, 2.24) is 9.97 Å². The molecule has 2 aromatic rings. The number of rotatable bonds is 2. The fourth-order valence-corrected chi connectivity index (χ4v) is 2.28. The first-order valence-corrected chi connectivity index (χ1v) is 5.88. The number of imidazole rings is 1. The van der Waals surface area contributed by atoms with E-state index in [0.717, 1.165) is 22.6 Å². The summed E-state index contributed by atoms with van der Waals surface area (Å²) in [4.78, 5) is 6.12. The van der Waals surface area contributed by atoms with E-state index in [1.165, 1.54) is 11.1 Å². The van der Waals surface area contributed by atoms with Crippen LogP contribution in [-0.2, 0) is 0 Å². The molecule has 0 amide bonds. The Labute approximate surface area is 106 Å². The number of ether oxygens (including phenoxy) is 1. The molecule has 17 heavy (non-hydrogen) atoms. The van der Waals surface area contributed by atoms with E-state index in [1.54, 1.807) is 7.11 Å². The molecule has 0 spiro atoms. The van der Waals surface area contributed by atoms with E-state index in [0.29, 0.717) is 4.77 Å². The van der Waals surface area contributed by atoms with Gasteiger partial charge in [-0.25, -0.2) is 0 Å². The van der Waals surface area contributed by atoms with Crippen LogP contribution in [0, 0.1) is 25.5 Å². The van der Waals surface area contributed by atoms with Gasteiger partial charge in [0.15, 0.2) is 4.77 Å². The van der Waals surface area contributed by atoms with E-state index in [4.69, 9.17) is 17.0 Å². The van der Waals surface area contributed by atoms with E-state index < -0.39 is 0 Å². The summed E-state index contributed by atoms with van der Waals surface area (Å²) in [6.07, 6.45) is 1.88. The Bertz CT molecular complexity index is 610. The highest BCUT2D eigenvalue weighted by Crippen LogP contribution is 2.36. The number of hydrogen-bond donors (Lipinski definition) is 2. The number of hydrogen-bond acceptors (Lipinski definition) is 2. The van der Waals surface area contributed by atoms with Crippen molar-refractivity contribution in [2.24, 2.45) is 0 Å². The molecule has 1 aromatic heterocycles. The minimum Gasteiger partial charge on any atom is -0.496 e. The first kappa shape index (κ1) is 11.9. The molecule has 0 fully saturated rings. The van der Waals surface area contributed by atoms with Crippen LogP contribution in [0.25, 0.3) is 11.3 Å². The van der Waals surface area contributed by atoms with E-state index in [-0.39, 0.29) is 0 Å². The maximum Gasteiger partial charge on any atom is 0.174 e. The summed E-state index contributed by atoms with van der Waals surface area (Å²) in [5.74, 6) is 0.910. The first-order valence-electron chi connectivity index (χ1n) is 5.47. The molecule has 0 bridgehead atoms. The number of aromatic amines is 2. The van der Waals surface area contributed by atoms with Crippen molar-refractivity contribution in [3.63, 3.8) is 0 Å². The van der Waals surface area contributed by atoms with Gasteiger partial charge in [0.25, 0.3) is 0 Å². The van der Waals surface area contributed by atoms with Gasteiger partial charge < -0.3 is 14.7 Å². The highest BCUT2D eigenvalue weighted by Gasteiger charge is 2.14. The molecule has 2 N–H and O–H groups in total. The van der Waals surface area contributed by atoms with Crippen molar-refractivity contribution >= 4 is 12.2 Å². The van der Waals surface area contributed by atoms with Gasteiger partial charge in [0.2, 0.25) is 0 Å². The fourth-order valence-electron chi connectivity index (χ4n) is 2.11. The first-order chi connectivity index (χ1) is 8.04. The van der Waals surface area contributed by atoms with Gasteiger partial charge >= 0.3 is 0 Å². The standard InChI is InChI=1S/C13H16N2OS/c1-7-5-8(2)11(12(16-4)9(7)3)10-6-14-13(17)15-10/h5-6H,1-4H3,(H2,14,15,17). The average Bonchev–Trinajstić information content (AvgIpc) is 2.69. The summed E-state index contributed by atoms with van der Waals surface area (Å²) in [6, 6.07) is 2.16. The number of benzene rings is 1. The lowest BCUT2D eigenvalue weighted by Gasteiger charge is -2.15. The molecule has 3 nitrogen and oxygen atoms in total. The summed E-state index contributed by atoms with van der Waals surface area (Å²) in [6.45, 7) is 6.24. The predicted octanol–water partition coefficient (Wildman–Crippen LogP) is 3.67. The smallest absolute Gasteiger partial charge is 0.174 e. The maximum absolute atomic E-state index is 5.53. The topological polar surface area (TPSA) is 40.8 Å². The molecule has 4 heteroatoms. The van der Waals surface area contributed by atoms with E-state index in [1.807, 2.05) is 6.20 Å². The lowest BCUT2D eigenvalue weighted by molar-refractivity contribution is 0.412. The van der Waals surface area contributed by atoms with Gasteiger partial charge in [-0.2, -0.15) is 0 Å². The normalized spacial score (nSPS) is 10.6. The minimum absolute atomic E-state index is 0.625. The zero-order chi connectivity index (χ0) is 12.6. The maximum atomic E-state index is 5.53. The summed E-state index contributed by atoms with van der Waals surface area (Å²) >= 11 is 5.06. The second-order valence-corrected chi connectivity index (χ2v) is 4.61. The molecule has 90 valence electrons. The average molecular weight is 248 g/mol. The molecule has 0 aliphatic heterocycles. The van der Waals surface area contributed by atoms with Crippen molar-refractivity contribution in [3.8, 4) is 17.0 Å². The lowest BCUT2D eigenvalue weighted by Crippen LogP contribution is -1.97. The van der Waals surface area contributed by atoms with Crippen molar-refractivity contribution in [1.29, 1.82) is 0 Å². The summed E-state index contributed by atoms with van der Waals surface area (Å²) in [7, 11) is 1.70. The van der Waals surface area contributed by atoms with Gasteiger partial charge in [-0.15, -0.1) is 0 Å². The fraction of sp³-hybridized carbons (Fsp3) is 0.308. The van der Waals surface area contributed by atoms with Crippen LogP contribution in [-0.4, -0.2) is 17.1 Å². The molecule has 0 radical (unpaired) electrons. The second-order valence-electron chi connectivity index (χ2n) is 4.20. The highest BCUT2D eigenvalue weighted by molar-refractivity contribution is 7.71. The summed E-state index contributed by atoms with van der Waals surface area (Å²) in [5.41, 5.74) is 5.61. The van der Waals surface area contributed by atoms with Crippen LogP contribution in [0.15, 0.2) is 12.3 Å². The molecule has 0 saturated carbocycles. The van der Waals surface area contributed by atoms with Crippen molar-refractivity contribution in [3.05, 3.63) is 33.7 Å². The third-order valence-corrected chi connectivity index (χ3v) is 3.28. The summed E-state index contributed by atoms with van der Waals surface area (Å²) in [5, 5.41) is 0. The van der Waals surface area contributed by atoms with Crippen LogP contribution in [0.4, 0.5) is 0 Å². The Morgan fingerprint density at radius 2 is 1.88 bits per heavy atom. The number of nitrogens with one attached hydrogen (secondary N) is 2. The zero-order valence-electron chi connectivity index (χ0n) is 10.5. The molecule has 1 heterocycles. The van der Waals surface area contributed by atoms with E-state index >= 15 is 0 Å². The number of aromatic nitrogens is 2. The van der Waals surface area contributed by atoms with Gasteiger partial charge in [0.1, 0.15) is 5.75 Å². The largest absolute Gasteiger partial charge is 0.496 e. The quantitative estimate of drug-likeness (QED) is 0.796. The third kappa shape index (κ3) is 2.00. The Hall–Kier alpha value is -1.55. The summed E-state index contributed by atoms with van der Waals surface area (Å²) < 4.78 is 6.16. The van der Waals surface area contributed by atoms with Crippen LogP contribution in [0.3, 0.4) is 0 Å². The lowest BCUT2D eigenvalue weighted by atomic mass is 9.97. The van der Waals surface area contributed by atoms with Crippen LogP contribution >= 0.6 is 12.2 Å². The van der Waals surface area contributed by atoms with Crippen molar-refractivity contribution in [2.75, 3.05) is 7.11 Å². The minimum atomic E-state index is 0.625. The third-order valence-electron chi connectivity index (χ3n) is 3.06. The Kier molecular flexibility index (Phi) is 3.07. The van der Waals surface area contributed by atoms with E-state index in [2.05, 4.69) is 36.8 Å². The predicted molar refractivity (Wildman–Crippen MR) is 72.2 cm³/mol. The van der Waals surface area contributed by atoms with Crippen LogP contribution < -0.4 is 4.74 Å². The molecule has 0 aliphatic carbocycles. The monoisotopic (exact) mass is 248 g/mol. The molecule has 0 saturated heterocycles. The number of aryl methyl sites for hydroxylation is 2. The molecular formula is C13H16N2OS. The molecule has 0 atom stereocenters. The van der Waals surface area contributed by atoms with Gasteiger partial charge in [-0.3, -0.25) is 0 Å². The van der Waals surface area contributed by atoms with Crippen LogP contribution in [0.2, 0.25) is 0 Å². The molecule has 0 aliphatic rings. The molecule has 1 aromatic carbocycles. The van der Waals surface area contributed by atoms with E-state index in [9.17, 15) is 0 Å². The van der Waals surface area contributed by atoms with Crippen LogP contribution in [0.1, 0.15) is 16.7 Å². The Balaban J connectivity index is 2.76. The SMILES string of the molecule is COc1c(C)c(C)cc(C)c1-c1c[nH]c(=S)[nH]1. The molecular weight excluding hydrogens is 232 g/mol. The van der Waals surface area contributed by atoms with Crippen molar-refractivity contribution in [2.45, 2.75) is 20.8 Å². The van der Waals surface area contributed by atoms with Crippen molar-refractivity contribution < 1.29 is 4.74 Å². The Morgan fingerprint density at radius 3 is 2.41 bits per heavy atom.